The molecule has 0 unspecified atom stereocenters. The Labute approximate surface area is 157 Å². The van der Waals surface area contributed by atoms with Gasteiger partial charge in [-0.15, -0.1) is 11.8 Å². The zero-order valence-electron chi connectivity index (χ0n) is 15.1. The Bertz CT molecular complexity index is 851. The monoisotopic (exact) mass is 371 g/mol. The minimum absolute atomic E-state index is 0.138. The fourth-order valence-corrected chi connectivity index (χ4v) is 4.04. The summed E-state index contributed by atoms with van der Waals surface area (Å²) in [5, 5.41) is 36.3. The predicted octanol–water partition coefficient (Wildman–Crippen LogP) is 3.26. The van der Waals surface area contributed by atoms with E-state index >= 15 is 0 Å². The molecular weight excluding hydrogens is 346 g/mol. The molecule has 0 atom stereocenters. The molecule has 0 amide bonds. The zero-order chi connectivity index (χ0) is 18.7. The van der Waals surface area contributed by atoms with Crippen LogP contribution in [0.15, 0.2) is 53.4 Å². The van der Waals surface area contributed by atoms with E-state index in [0.717, 1.165) is 27.1 Å². The molecule has 0 aliphatic carbocycles. The van der Waals surface area contributed by atoms with Gasteiger partial charge in [0, 0.05) is 17.2 Å². The smallest absolute Gasteiger partial charge is 0.169 e. The van der Waals surface area contributed by atoms with E-state index < -0.39 is 11.8 Å². The first kappa shape index (κ1) is 19.1. The molecule has 26 heavy (non-hydrogen) atoms. The maximum Gasteiger partial charge on any atom is 0.169 e. The van der Waals surface area contributed by atoms with Crippen molar-refractivity contribution in [3.63, 3.8) is 0 Å². The van der Waals surface area contributed by atoms with E-state index in [-0.39, 0.29) is 6.61 Å². The molecule has 0 bridgehead atoms. The number of nitrogens with one attached hydrogen (secondary N) is 1. The molecule has 3 aromatic rings. The Balaban J connectivity index is 2.18. The Morgan fingerprint density at radius 2 is 1.42 bits per heavy atom. The Morgan fingerprint density at radius 1 is 0.923 bits per heavy atom. The van der Waals surface area contributed by atoms with Gasteiger partial charge in [0.25, 0.3) is 0 Å². The molecule has 0 heterocycles. The number of thioether (sulfide) groups is 1. The van der Waals surface area contributed by atoms with Crippen molar-refractivity contribution in [2.24, 2.45) is 0 Å². The zero-order valence-corrected chi connectivity index (χ0v) is 15.9. The van der Waals surface area contributed by atoms with Gasteiger partial charge in [0.2, 0.25) is 0 Å². The number of aliphatic hydroxyl groups is 3. The minimum Gasteiger partial charge on any atom is -0.396 e. The van der Waals surface area contributed by atoms with Gasteiger partial charge in [0.1, 0.15) is 0 Å². The van der Waals surface area contributed by atoms with Crippen LogP contribution in [0.5, 0.6) is 0 Å². The topological polar surface area (TPSA) is 72.7 Å². The lowest BCUT2D eigenvalue weighted by Gasteiger charge is -2.29. The number of benzene rings is 3. The summed E-state index contributed by atoms with van der Waals surface area (Å²) in [6.45, 7) is 4.21. The third kappa shape index (κ3) is 3.72. The maximum absolute atomic E-state index is 9.59. The average Bonchev–Trinajstić information content (AvgIpc) is 2.64. The summed E-state index contributed by atoms with van der Waals surface area (Å²) >= 11 is 1.67. The van der Waals surface area contributed by atoms with Crippen molar-refractivity contribution in [3.05, 3.63) is 54.1 Å². The molecular formula is C21H25NO3S. The van der Waals surface area contributed by atoms with E-state index in [4.69, 9.17) is 0 Å². The lowest BCUT2D eigenvalue weighted by molar-refractivity contribution is -0.0973. The normalized spacial score (nSPS) is 12.4. The van der Waals surface area contributed by atoms with Gasteiger partial charge in [-0.1, -0.05) is 48.5 Å². The van der Waals surface area contributed by atoms with Crippen LogP contribution >= 0.6 is 11.8 Å². The SMILES string of the molecule is CC(C)(NCc1c2ccccc2c(SCCO)c2ccccc12)C(O)O. The Kier molecular flexibility index (Phi) is 5.85. The van der Waals surface area contributed by atoms with Gasteiger partial charge < -0.3 is 20.6 Å². The molecule has 4 N–H and O–H groups in total. The van der Waals surface area contributed by atoms with E-state index in [0.29, 0.717) is 12.3 Å². The van der Waals surface area contributed by atoms with Crippen LogP contribution in [0.3, 0.4) is 0 Å². The van der Waals surface area contributed by atoms with Gasteiger partial charge in [-0.05, 0) is 41.0 Å². The fourth-order valence-electron chi connectivity index (χ4n) is 3.08. The standard InChI is InChI=1S/C21H25NO3S/c1-21(2,20(24)25)22-13-18-14-7-3-5-9-16(14)19(26-12-11-23)17-10-6-4-8-15(17)18/h3-10,20,22-25H,11-13H2,1-2H3. The Hall–Kier alpha value is -1.63. The van der Waals surface area contributed by atoms with E-state index in [1.165, 1.54) is 4.90 Å². The second-order valence-corrected chi connectivity index (χ2v) is 8.02. The van der Waals surface area contributed by atoms with Crippen molar-refractivity contribution in [1.82, 2.24) is 5.32 Å². The van der Waals surface area contributed by atoms with Crippen molar-refractivity contribution < 1.29 is 15.3 Å². The number of aliphatic hydroxyl groups excluding tert-OH is 2. The van der Waals surface area contributed by atoms with Gasteiger partial charge in [-0.25, -0.2) is 0 Å². The van der Waals surface area contributed by atoms with Crippen LogP contribution < -0.4 is 5.32 Å². The summed E-state index contributed by atoms with van der Waals surface area (Å²) in [6, 6.07) is 16.5. The highest BCUT2D eigenvalue weighted by Gasteiger charge is 2.26. The molecule has 0 fully saturated rings. The molecule has 138 valence electrons. The third-order valence-corrected chi connectivity index (χ3v) is 5.81. The van der Waals surface area contributed by atoms with Crippen molar-refractivity contribution in [1.29, 1.82) is 0 Å². The molecule has 3 rings (SSSR count). The molecule has 0 spiro atoms. The fraction of sp³-hybridized carbons (Fsp3) is 0.333. The van der Waals surface area contributed by atoms with Crippen LogP contribution in [-0.2, 0) is 6.54 Å². The van der Waals surface area contributed by atoms with E-state index in [1.54, 1.807) is 25.6 Å². The van der Waals surface area contributed by atoms with Gasteiger partial charge >= 0.3 is 0 Å². The maximum atomic E-state index is 9.59. The van der Waals surface area contributed by atoms with Crippen molar-refractivity contribution in [3.8, 4) is 0 Å². The van der Waals surface area contributed by atoms with E-state index in [1.807, 2.05) is 24.3 Å². The quantitative estimate of drug-likeness (QED) is 0.291. The predicted molar refractivity (Wildman–Crippen MR) is 108 cm³/mol. The van der Waals surface area contributed by atoms with Crippen LogP contribution in [0.4, 0.5) is 0 Å². The molecule has 0 aliphatic rings. The molecule has 4 nitrogen and oxygen atoms in total. The summed E-state index contributed by atoms with van der Waals surface area (Å²) in [5.41, 5.74) is 0.324. The Morgan fingerprint density at radius 3 is 1.88 bits per heavy atom. The molecule has 0 radical (unpaired) electrons. The largest absolute Gasteiger partial charge is 0.396 e. The van der Waals surface area contributed by atoms with Crippen LogP contribution in [0.2, 0.25) is 0 Å². The minimum atomic E-state index is -1.44. The van der Waals surface area contributed by atoms with E-state index in [9.17, 15) is 15.3 Å². The van der Waals surface area contributed by atoms with Gasteiger partial charge in [-0.3, -0.25) is 0 Å². The first-order valence-electron chi connectivity index (χ1n) is 8.73. The number of hydrogen-bond acceptors (Lipinski definition) is 5. The van der Waals surface area contributed by atoms with Crippen LogP contribution in [0, 0.1) is 0 Å². The first-order valence-corrected chi connectivity index (χ1v) is 9.71. The molecule has 3 aromatic carbocycles. The lowest BCUT2D eigenvalue weighted by atomic mass is 9.95. The summed E-state index contributed by atoms with van der Waals surface area (Å²) in [7, 11) is 0. The number of fused-ring (bicyclic) bond motifs is 2. The van der Waals surface area contributed by atoms with Gasteiger partial charge in [0.15, 0.2) is 6.29 Å². The van der Waals surface area contributed by atoms with Crippen LogP contribution in [-0.4, -0.2) is 39.5 Å². The summed E-state index contributed by atoms with van der Waals surface area (Å²) in [4.78, 5) is 1.18. The highest BCUT2D eigenvalue weighted by Crippen LogP contribution is 2.38. The number of hydrogen-bond donors (Lipinski definition) is 4. The second-order valence-electron chi connectivity index (χ2n) is 6.92. The number of rotatable bonds is 7. The highest BCUT2D eigenvalue weighted by molar-refractivity contribution is 7.99. The van der Waals surface area contributed by atoms with Gasteiger partial charge in [0.05, 0.1) is 12.1 Å². The van der Waals surface area contributed by atoms with Crippen molar-refractivity contribution >= 4 is 33.3 Å². The van der Waals surface area contributed by atoms with E-state index in [2.05, 4.69) is 29.6 Å². The summed E-state index contributed by atoms with van der Waals surface area (Å²) in [6.07, 6.45) is -1.44. The second kappa shape index (κ2) is 7.94. The molecule has 0 saturated heterocycles. The molecule has 0 saturated carbocycles. The molecule has 0 aromatic heterocycles. The lowest BCUT2D eigenvalue weighted by Crippen LogP contribution is -2.49. The summed E-state index contributed by atoms with van der Waals surface area (Å²) < 4.78 is 0. The highest BCUT2D eigenvalue weighted by atomic mass is 32.2. The van der Waals surface area contributed by atoms with Crippen LogP contribution in [0.25, 0.3) is 21.5 Å². The average molecular weight is 372 g/mol. The van der Waals surface area contributed by atoms with Crippen molar-refractivity contribution in [2.75, 3.05) is 12.4 Å². The third-order valence-electron chi connectivity index (χ3n) is 4.70. The molecule has 5 heteroatoms. The van der Waals surface area contributed by atoms with Gasteiger partial charge in [-0.2, -0.15) is 0 Å². The summed E-state index contributed by atoms with van der Waals surface area (Å²) in [5.74, 6) is 0.648. The van der Waals surface area contributed by atoms with Crippen molar-refractivity contribution in [2.45, 2.75) is 37.1 Å². The first-order chi connectivity index (χ1) is 12.5. The van der Waals surface area contributed by atoms with Crippen LogP contribution in [0.1, 0.15) is 19.4 Å². The molecule has 0 aliphatic heterocycles.